The molecule has 0 spiro atoms. The van der Waals surface area contributed by atoms with E-state index in [0.29, 0.717) is 0 Å². The Morgan fingerprint density at radius 2 is 1.79 bits per heavy atom. The van der Waals surface area contributed by atoms with Gasteiger partial charge in [-0.3, -0.25) is 0 Å². The van der Waals surface area contributed by atoms with Crippen molar-refractivity contribution in [3.63, 3.8) is 0 Å². The van der Waals surface area contributed by atoms with Crippen LogP contribution in [0.25, 0.3) is 10.4 Å². The van der Waals surface area contributed by atoms with Crippen LogP contribution in [0.15, 0.2) is 5.11 Å². The molecule has 0 unspecified atom stereocenters. The third-order valence-corrected chi connectivity index (χ3v) is 5.08. The summed E-state index contributed by atoms with van der Waals surface area (Å²) in [5.74, 6) is 0. The van der Waals surface area contributed by atoms with Gasteiger partial charge < -0.3 is 44.7 Å². The van der Waals surface area contributed by atoms with Crippen LogP contribution in [0.2, 0.25) is 0 Å². The molecule has 1 aliphatic heterocycles. The fraction of sp³-hybridized carbons (Fsp3) is 0.933. The molecule has 0 saturated carbocycles. The lowest BCUT2D eigenvalue weighted by atomic mass is 9.97. The molecule has 1 fully saturated rings. The minimum atomic E-state index is -4.14. The van der Waals surface area contributed by atoms with Crippen LogP contribution in [0.5, 0.6) is 0 Å². The monoisotopic (exact) mass is 502 g/mol. The number of amides is 1. The van der Waals surface area contributed by atoms with Crippen molar-refractivity contribution < 1.29 is 52.2 Å². The van der Waals surface area contributed by atoms with Crippen molar-refractivity contribution in [1.82, 2.24) is 9.44 Å². The first-order valence-electron chi connectivity index (χ1n) is 9.82. The summed E-state index contributed by atoms with van der Waals surface area (Å²) >= 11 is 0. The minimum absolute atomic E-state index is 0.00241. The molecule has 18 heteroatoms. The van der Waals surface area contributed by atoms with Gasteiger partial charge in [-0.25, -0.2) is 9.52 Å². The van der Waals surface area contributed by atoms with E-state index in [2.05, 4.69) is 19.5 Å². The molecule has 1 aliphatic rings. The topological polar surface area (TPSA) is 257 Å². The van der Waals surface area contributed by atoms with E-state index in [1.54, 1.807) is 4.72 Å². The van der Waals surface area contributed by atoms with Crippen LogP contribution in [0, 0.1) is 0 Å². The summed E-state index contributed by atoms with van der Waals surface area (Å²) in [6.07, 6.45) is -5.80. The molecular formula is C15H30N6O11S. The van der Waals surface area contributed by atoms with Gasteiger partial charge in [0.25, 0.3) is 0 Å². The number of rotatable bonds is 16. The molecular weight excluding hydrogens is 472 g/mol. The lowest BCUT2D eigenvalue weighted by molar-refractivity contribution is -0.278. The van der Waals surface area contributed by atoms with E-state index in [4.69, 9.17) is 35.3 Å². The predicted octanol–water partition coefficient (Wildman–Crippen LogP) is -3.33. The molecule has 1 heterocycles. The van der Waals surface area contributed by atoms with E-state index in [-0.39, 0.29) is 52.7 Å². The molecule has 1 amide bonds. The average Bonchev–Trinajstić information content (AvgIpc) is 2.77. The second-order valence-electron chi connectivity index (χ2n) is 6.47. The van der Waals surface area contributed by atoms with Gasteiger partial charge in [-0.2, -0.15) is 13.1 Å². The highest BCUT2D eigenvalue weighted by atomic mass is 32.2. The lowest BCUT2D eigenvalue weighted by Gasteiger charge is -2.40. The van der Waals surface area contributed by atoms with Crippen LogP contribution >= 0.6 is 0 Å². The largest absolute Gasteiger partial charge is 0.449 e. The Balaban J connectivity index is 2.05. The van der Waals surface area contributed by atoms with Crippen LogP contribution in [0.1, 0.15) is 0 Å². The Kier molecular flexibility index (Phi) is 14.1. The van der Waals surface area contributed by atoms with Gasteiger partial charge in [-0.15, -0.1) is 0 Å². The molecule has 0 aromatic carbocycles. The molecule has 5 atom stereocenters. The van der Waals surface area contributed by atoms with Gasteiger partial charge >= 0.3 is 16.3 Å². The molecule has 192 valence electrons. The zero-order valence-electron chi connectivity index (χ0n) is 17.7. The molecule has 17 nitrogen and oxygen atoms in total. The number of nitrogens with two attached hydrogens (primary N) is 1. The average molecular weight is 503 g/mol. The molecule has 1 rings (SSSR count). The summed E-state index contributed by atoms with van der Waals surface area (Å²) in [4.78, 5) is 13.7. The second-order valence-corrected chi connectivity index (χ2v) is 7.97. The van der Waals surface area contributed by atoms with Crippen molar-refractivity contribution >= 4 is 16.3 Å². The summed E-state index contributed by atoms with van der Waals surface area (Å²) in [5, 5.41) is 32.0. The summed E-state index contributed by atoms with van der Waals surface area (Å²) in [5.41, 5.74) is 13.7. The van der Waals surface area contributed by atoms with Gasteiger partial charge in [0, 0.05) is 11.5 Å². The van der Waals surface area contributed by atoms with Crippen LogP contribution in [-0.4, -0.2) is 120 Å². The van der Waals surface area contributed by atoms with Gasteiger partial charge in [-0.05, 0) is 5.53 Å². The maximum atomic E-state index is 11.6. The van der Waals surface area contributed by atoms with E-state index in [0.717, 1.165) is 0 Å². The highest BCUT2D eigenvalue weighted by Crippen LogP contribution is 2.20. The zero-order chi connectivity index (χ0) is 24.7. The third kappa shape index (κ3) is 11.7. The van der Waals surface area contributed by atoms with Gasteiger partial charge in [-0.1, -0.05) is 5.11 Å². The Hall–Kier alpha value is -1.83. The van der Waals surface area contributed by atoms with Crippen LogP contribution < -0.4 is 15.2 Å². The summed E-state index contributed by atoms with van der Waals surface area (Å²) < 4.78 is 52.4. The van der Waals surface area contributed by atoms with Crippen LogP contribution in [0.3, 0.4) is 0 Å². The molecule has 33 heavy (non-hydrogen) atoms. The van der Waals surface area contributed by atoms with E-state index >= 15 is 0 Å². The van der Waals surface area contributed by atoms with Crippen molar-refractivity contribution in [2.45, 2.75) is 30.6 Å². The number of aliphatic hydroxyl groups excluding tert-OH is 3. The molecule has 7 N–H and O–H groups in total. The molecule has 1 saturated heterocycles. The van der Waals surface area contributed by atoms with E-state index in [1.807, 2.05) is 0 Å². The second kappa shape index (κ2) is 15.9. The Bertz CT molecular complexity index is 721. The van der Waals surface area contributed by atoms with Gasteiger partial charge in [0.2, 0.25) is 0 Å². The summed E-state index contributed by atoms with van der Waals surface area (Å²) in [7, 11) is -4.14. The Morgan fingerprint density at radius 1 is 1.12 bits per heavy atom. The number of azide groups is 1. The standard InChI is InChI=1S/C15H30N6O11S/c16-11-12(23)10(9-22)32-14(13(11)24)30-8-7-29-6-5-28-3-2-19-33(26,27)20-15(25)31-4-1-18-21-17/h10-14,19,22-24H,1-9,16H2,(H,20,25)/t10-,11+,12-,13-,14-/m1/s1. The van der Waals surface area contributed by atoms with Gasteiger partial charge in [0.05, 0.1) is 58.8 Å². The Labute approximate surface area is 189 Å². The first kappa shape index (κ1) is 29.2. The van der Waals surface area contributed by atoms with Gasteiger partial charge in [0.15, 0.2) is 6.29 Å². The van der Waals surface area contributed by atoms with Crippen molar-refractivity contribution in [3.8, 4) is 0 Å². The zero-order valence-corrected chi connectivity index (χ0v) is 18.5. The number of hydrogen-bond acceptors (Lipinski definition) is 13. The van der Waals surface area contributed by atoms with E-state index in [9.17, 15) is 23.4 Å². The number of ether oxygens (including phenoxy) is 5. The highest BCUT2D eigenvalue weighted by Gasteiger charge is 2.42. The normalized spacial score (nSPS) is 25.3. The SMILES string of the molecule is [N-]=[N+]=NCCOC(=O)NS(=O)(=O)NCCOCCOCCO[C@@H]1O[C@H](CO)[C@@H](O)[C@H](N)[C@H]1O. The van der Waals surface area contributed by atoms with Gasteiger partial charge in [0.1, 0.15) is 18.3 Å². The first-order chi connectivity index (χ1) is 15.7. The maximum absolute atomic E-state index is 11.6. The molecule has 0 aromatic rings. The molecule has 0 bridgehead atoms. The number of nitrogens with one attached hydrogen (secondary N) is 2. The smallest absolute Gasteiger partial charge is 0.421 e. The van der Waals surface area contributed by atoms with Crippen molar-refractivity contribution in [3.05, 3.63) is 10.4 Å². The number of aliphatic hydroxyl groups is 3. The number of hydrogen-bond donors (Lipinski definition) is 6. The maximum Gasteiger partial charge on any atom is 0.421 e. The first-order valence-corrected chi connectivity index (χ1v) is 11.3. The summed E-state index contributed by atoms with van der Waals surface area (Å²) in [6, 6.07) is -1.03. The summed E-state index contributed by atoms with van der Waals surface area (Å²) in [6.45, 7) is -0.545. The van der Waals surface area contributed by atoms with Crippen molar-refractivity contribution in [1.29, 1.82) is 0 Å². The van der Waals surface area contributed by atoms with E-state index < -0.39 is 53.6 Å². The number of carbonyl (C=O) groups is 1. The number of nitrogens with zero attached hydrogens (tertiary/aromatic N) is 3. The number of carbonyl (C=O) groups excluding carboxylic acids is 1. The van der Waals surface area contributed by atoms with Crippen molar-refractivity contribution in [2.75, 3.05) is 59.3 Å². The highest BCUT2D eigenvalue weighted by molar-refractivity contribution is 7.88. The fourth-order valence-corrected chi connectivity index (χ4v) is 3.15. The Morgan fingerprint density at radius 3 is 2.45 bits per heavy atom. The predicted molar refractivity (Wildman–Crippen MR) is 109 cm³/mol. The third-order valence-electron chi connectivity index (χ3n) is 4.06. The van der Waals surface area contributed by atoms with Crippen LogP contribution in [0.4, 0.5) is 4.79 Å². The molecule has 0 aromatic heterocycles. The fourth-order valence-electron chi connectivity index (χ4n) is 2.45. The minimum Gasteiger partial charge on any atom is -0.449 e. The van der Waals surface area contributed by atoms with E-state index in [1.165, 1.54) is 0 Å². The lowest BCUT2D eigenvalue weighted by Crippen LogP contribution is -2.62. The molecule has 0 aliphatic carbocycles. The quantitative estimate of drug-likeness (QED) is 0.0524. The molecule has 0 radical (unpaired) electrons. The van der Waals surface area contributed by atoms with Crippen molar-refractivity contribution in [2.24, 2.45) is 10.8 Å². The van der Waals surface area contributed by atoms with Crippen LogP contribution in [-0.2, 0) is 33.9 Å².